The van der Waals surface area contributed by atoms with Crippen molar-refractivity contribution in [1.82, 2.24) is 19.5 Å². The molecule has 0 spiro atoms. The normalized spacial score (nSPS) is 15.8. The highest BCUT2D eigenvalue weighted by Gasteiger charge is 2.31. The van der Waals surface area contributed by atoms with Crippen LogP contribution < -0.4 is 4.90 Å². The molecule has 1 aliphatic heterocycles. The molecule has 0 N–H and O–H groups in total. The Balaban J connectivity index is 1.47. The van der Waals surface area contributed by atoms with E-state index in [-0.39, 0.29) is 18.0 Å². The van der Waals surface area contributed by atoms with Crippen molar-refractivity contribution in [3.63, 3.8) is 0 Å². The van der Waals surface area contributed by atoms with Gasteiger partial charge < -0.3 is 4.90 Å². The fraction of sp³-hybridized carbons (Fsp3) is 0.235. The minimum Gasteiger partial charge on any atom is -0.344 e. The first-order valence-electron chi connectivity index (χ1n) is 8.30. The summed E-state index contributed by atoms with van der Waals surface area (Å²) in [6.45, 7) is 1.44. The summed E-state index contributed by atoms with van der Waals surface area (Å²) < 4.78 is 40.6. The largest absolute Gasteiger partial charge is 0.344 e. The molecule has 0 radical (unpaired) electrons. The fourth-order valence-electron chi connectivity index (χ4n) is 2.85. The van der Waals surface area contributed by atoms with Crippen LogP contribution in [0.15, 0.2) is 53.6 Å². The Bertz CT molecular complexity index is 1030. The number of aromatic nitrogens is 3. The van der Waals surface area contributed by atoms with Crippen LogP contribution >= 0.6 is 11.3 Å². The zero-order valence-corrected chi connectivity index (χ0v) is 15.8. The molecule has 0 saturated carbocycles. The van der Waals surface area contributed by atoms with E-state index in [4.69, 9.17) is 0 Å². The van der Waals surface area contributed by atoms with Gasteiger partial charge in [0.15, 0.2) is 5.01 Å². The van der Waals surface area contributed by atoms with Crippen LogP contribution in [-0.2, 0) is 10.0 Å². The van der Waals surface area contributed by atoms with Crippen LogP contribution in [-0.4, -0.2) is 54.1 Å². The number of benzene rings is 1. The second-order valence-corrected chi connectivity index (χ2v) is 8.79. The van der Waals surface area contributed by atoms with Gasteiger partial charge in [-0.15, -0.1) is 10.2 Å². The molecule has 140 valence electrons. The molecule has 1 aromatic carbocycles. The maximum absolute atomic E-state index is 13.9. The van der Waals surface area contributed by atoms with E-state index in [0.717, 1.165) is 16.9 Å². The molecule has 2 aromatic heterocycles. The van der Waals surface area contributed by atoms with Gasteiger partial charge in [-0.2, -0.15) is 4.31 Å². The lowest BCUT2D eigenvalue weighted by Crippen LogP contribution is -2.48. The van der Waals surface area contributed by atoms with E-state index in [0.29, 0.717) is 18.1 Å². The van der Waals surface area contributed by atoms with Crippen LogP contribution in [0.1, 0.15) is 0 Å². The molecule has 27 heavy (non-hydrogen) atoms. The van der Waals surface area contributed by atoms with Gasteiger partial charge in [0, 0.05) is 32.4 Å². The summed E-state index contributed by atoms with van der Waals surface area (Å²) in [6.07, 6.45) is 1.70. The maximum Gasteiger partial charge on any atom is 0.246 e. The summed E-state index contributed by atoms with van der Waals surface area (Å²) in [5.74, 6) is -0.732. The van der Waals surface area contributed by atoms with Gasteiger partial charge in [0.25, 0.3) is 0 Å². The van der Waals surface area contributed by atoms with Gasteiger partial charge in [0.05, 0.1) is 0 Å². The molecule has 0 amide bonds. The third-order valence-electron chi connectivity index (χ3n) is 4.26. The summed E-state index contributed by atoms with van der Waals surface area (Å²) in [4.78, 5) is 5.96. The van der Waals surface area contributed by atoms with Crippen molar-refractivity contribution in [3.8, 4) is 10.7 Å². The molecule has 0 unspecified atom stereocenters. The molecule has 3 aromatic rings. The molecule has 4 rings (SSSR count). The highest BCUT2D eigenvalue weighted by molar-refractivity contribution is 7.89. The number of piperazine rings is 1. The van der Waals surface area contributed by atoms with Crippen molar-refractivity contribution >= 4 is 26.5 Å². The third-order valence-corrected chi connectivity index (χ3v) is 7.20. The maximum atomic E-state index is 13.9. The van der Waals surface area contributed by atoms with Crippen LogP contribution in [0.5, 0.6) is 0 Å². The summed E-state index contributed by atoms with van der Waals surface area (Å²) in [5.41, 5.74) is 0.752. The van der Waals surface area contributed by atoms with Gasteiger partial charge in [-0.05, 0) is 24.3 Å². The SMILES string of the molecule is O=S(=O)(c1ccccc1F)N1CCN(c2nnc(-c3ccccn3)s2)CC1. The van der Waals surface area contributed by atoms with Crippen molar-refractivity contribution < 1.29 is 12.8 Å². The number of anilines is 1. The zero-order chi connectivity index (χ0) is 18.9. The first-order chi connectivity index (χ1) is 13.1. The molecular weight excluding hydrogens is 389 g/mol. The van der Waals surface area contributed by atoms with Crippen LogP contribution in [0.3, 0.4) is 0 Å². The topological polar surface area (TPSA) is 79.3 Å². The molecule has 0 bridgehead atoms. The highest BCUT2D eigenvalue weighted by atomic mass is 32.2. The van der Waals surface area contributed by atoms with Crippen molar-refractivity contribution in [2.24, 2.45) is 0 Å². The van der Waals surface area contributed by atoms with Gasteiger partial charge in [-0.25, -0.2) is 12.8 Å². The van der Waals surface area contributed by atoms with Gasteiger partial charge >= 0.3 is 0 Å². The smallest absolute Gasteiger partial charge is 0.246 e. The molecule has 0 aliphatic carbocycles. The van der Waals surface area contributed by atoms with E-state index in [2.05, 4.69) is 15.2 Å². The Kier molecular flexibility index (Phi) is 4.85. The minimum absolute atomic E-state index is 0.259. The number of halogens is 1. The van der Waals surface area contributed by atoms with E-state index in [1.54, 1.807) is 6.20 Å². The predicted octanol–water partition coefficient (Wildman–Crippen LogP) is 2.25. The number of pyridine rings is 1. The van der Waals surface area contributed by atoms with E-state index in [1.165, 1.54) is 33.8 Å². The second-order valence-electron chi connectivity index (χ2n) is 5.93. The highest BCUT2D eigenvalue weighted by Crippen LogP contribution is 2.29. The van der Waals surface area contributed by atoms with Crippen molar-refractivity contribution in [2.75, 3.05) is 31.1 Å². The minimum atomic E-state index is -3.85. The number of rotatable bonds is 4. The van der Waals surface area contributed by atoms with Crippen LogP contribution in [0.2, 0.25) is 0 Å². The Hall–Kier alpha value is -2.43. The number of hydrogen-bond acceptors (Lipinski definition) is 7. The number of sulfonamides is 1. The van der Waals surface area contributed by atoms with Crippen LogP contribution in [0.25, 0.3) is 10.7 Å². The summed E-state index contributed by atoms with van der Waals surface area (Å²) in [5, 5.41) is 9.81. The molecule has 10 heteroatoms. The summed E-state index contributed by atoms with van der Waals surface area (Å²) in [6, 6.07) is 11.0. The molecule has 1 aliphatic rings. The van der Waals surface area contributed by atoms with Gasteiger partial charge in [-0.3, -0.25) is 4.98 Å². The lowest BCUT2D eigenvalue weighted by molar-refractivity contribution is 0.382. The molecule has 1 fully saturated rings. The molecule has 1 saturated heterocycles. The summed E-state index contributed by atoms with van der Waals surface area (Å²) >= 11 is 1.41. The Morgan fingerprint density at radius 2 is 1.70 bits per heavy atom. The number of hydrogen-bond donors (Lipinski definition) is 0. The van der Waals surface area contributed by atoms with Crippen LogP contribution in [0, 0.1) is 5.82 Å². The van der Waals surface area contributed by atoms with Crippen LogP contribution in [0.4, 0.5) is 9.52 Å². The van der Waals surface area contributed by atoms with Gasteiger partial charge in [0.2, 0.25) is 15.2 Å². The molecular formula is C17H16FN5O2S2. The average molecular weight is 405 g/mol. The fourth-order valence-corrected chi connectivity index (χ4v) is 5.21. The lowest BCUT2D eigenvalue weighted by Gasteiger charge is -2.33. The lowest BCUT2D eigenvalue weighted by atomic mass is 10.3. The van der Waals surface area contributed by atoms with E-state index in [1.807, 2.05) is 23.1 Å². The van der Waals surface area contributed by atoms with Crippen molar-refractivity contribution in [2.45, 2.75) is 4.90 Å². The zero-order valence-electron chi connectivity index (χ0n) is 14.2. The molecule has 7 nitrogen and oxygen atoms in total. The van der Waals surface area contributed by atoms with Gasteiger partial charge in [0.1, 0.15) is 16.4 Å². The molecule has 0 atom stereocenters. The standard InChI is InChI=1S/C17H16FN5O2S2/c18-13-5-1-2-7-15(13)27(24,25)23-11-9-22(10-12-23)17-21-20-16(26-17)14-6-3-4-8-19-14/h1-8H,9-12H2. The Morgan fingerprint density at radius 3 is 2.41 bits per heavy atom. The summed E-state index contributed by atoms with van der Waals surface area (Å²) in [7, 11) is -3.85. The van der Waals surface area contributed by atoms with E-state index in [9.17, 15) is 12.8 Å². The number of nitrogens with zero attached hydrogens (tertiary/aromatic N) is 5. The first-order valence-corrected chi connectivity index (χ1v) is 10.6. The Labute approximate surface area is 160 Å². The Morgan fingerprint density at radius 1 is 0.963 bits per heavy atom. The third kappa shape index (κ3) is 3.55. The first kappa shape index (κ1) is 18.0. The van der Waals surface area contributed by atoms with Crippen molar-refractivity contribution in [3.05, 3.63) is 54.5 Å². The predicted molar refractivity (Wildman–Crippen MR) is 101 cm³/mol. The quantitative estimate of drug-likeness (QED) is 0.662. The van der Waals surface area contributed by atoms with Crippen molar-refractivity contribution in [1.29, 1.82) is 0 Å². The van der Waals surface area contributed by atoms with E-state index < -0.39 is 15.8 Å². The van der Waals surface area contributed by atoms with Gasteiger partial charge in [-0.1, -0.05) is 29.5 Å². The van der Waals surface area contributed by atoms with E-state index >= 15 is 0 Å². The average Bonchev–Trinajstić information content (AvgIpc) is 3.19. The molecule has 3 heterocycles. The monoisotopic (exact) mass is 405 g/mol. The second kappa shape index (κ2) is 7.29.